The summed E-state index contributed by atoms with van der Waals surface area (Å²) in [6.45, 7) is 2.53. The minimum Gasteiger partial charge on any atom is -0.287 e. The van der Waals surface area contributed by atoms with Crippen molar-refractivity contribution in [1.29, 1.82) is 0 Å². The van der Waals surface area contributed by atoms with Crippen molar-refractivity contribution in [2.75, 3.05) is 0 Å². The van der Waals surface area contributed by atoms with Gasteiger partial charge < -0.3 is 0 Å². The van der Waals surface area contributed by atoms with Crippen molar-refractivity contribution >= 4 is 56.3 Å². The molecule has 0 fully saturated rings. The van der Waals surface area contributed by atoms with Gasteiger partial charge in [0.1, 0.15) is 10.0 Å². The molecule has 17 heavy (non-hydrogen) atoms. The third-order valence-corrected chi connectivity index (χ3v) is 4.28. The lowest BCUT2D eigenvalue weighted by Gasteiger charge is -2.03. The number of ketones is 1. The average Bonchev–Trinajstić information content (AvgIpc) is 2.80. The summed E-state index contributed by atoms with van der Waals surface area (Å²) >= 11 is 16.3. The Bertz CT molecular complexity index is 579. The first-order chi connectivity index (χ1) is 8.04. The van der Waals surface area contributed by atoms with Gasteiger partial charge in [-0.2, -0.15) is 5.10 Å². The number of carbonyl (C=O) groups excluding carboxylic acids is 1. The zero-order valence-electron chi connectivity index (χ0n) is 8.71. The molecular weight excluding hydrogens is 347 g/mol. The molecule has 2 aromatic rings. The van der Waals surface area contributed by atoms with E-state index in [2.05, 4.69) is 21.0 Å². The molecule has 0 atom stereocenters. The van der Waals surface area contributed by atoms with Crippen LogP contribution in [0.5, 0.6) is 0 Å². The average molecular weight is 354 g/mol. The molecule has 0 aliphatic rings. The SMILES string of the molecule is CCn1ncc(Br)c1C(=O)c1cc(Cl)sc1Cl. The third kappa shape index (κ3) is 2.42. The van der Waals surface area contributed by atoms with Crippen LogP contribution in [0.25, 0.3) is 0 Å². The highest BCUT2D eigenvalue weighted by Crippen LogP contribution is 2.33. The van der Waals surface area contributed by atoms with Gasteiger partial charge in [0.25, 0.3) is 0 Å². The minimum absolute atomic E-state index is 0.177. The van der Waals surface area contributed by atoms with Gasteiger partial charge in [-0.25, -0.2) is 0 Å². The standard InChI is InChI=1S/C10H7BrCl2N2OS/c1-2-15-8(6(11)4-14-15)9(16)5-3-7(12)17-10(5)13/h3-4H,2H2,1H3. The molecule has 0 aliphatic heterocycles. The molecule has 3 nitrogen and oxygen atoms in total. The lowest BCUT2D eigenvalue weighted by molar-refractivity contribution is 0.102. The predicted octanol–water partition coefficient (Wildman–Crippen LogP) is 4.26. The predicted molar refractivity (Wildman–Crippen MR) is 73.4 cm³/mol. The Kier molecular flexibility index (Phi) is 3.92. The van der Waals surface area contributed by atoms with E-state index >= 15 is 0 Å². The summed E-state index contributed by atoms with van der Waals surface area (Å²) < 4.78 is 3.17. The van der Waals surface area contributed by atoms with E-state index in [0.29, 0.717) is 30.9 Å². The molecule has 7 heteroatoms. The molecule has 0 aromatic carbocycles. The van der Waals surface area contributed by atoms with E-state index in [9.17, 15) is 4.79 Å². The van der Waals surface area contributed by atoms with Gasteiger partial charge in [-0.05, 0) is 28.9 Å². The second kappa shape index (κ2) is 5.10. The summed E-state index contributed by atoms with van der Waals surface area (Å²) in [5, 5.41) is 4.09. The number of rotatable bonds is 3. The molecule has 2 rings (SSSR count). The van der Waals surface area contributed by atoms with Crippen LogP contribution in [0.3, 0.4) is 0 Å². The number of thiophene rings is 1. The summed E-state index contributed by atoms with van der Waals surface area (Å²) in [6.07, 6.45) is 1.60. The van der Waals surface area contributed by atoms with Crippen LogP contribution < -0.4 is 0 Å². The Morgan fingerprint density at radius 2 is 2.29 bits per heavy atom. The lowest BCUT2D eigenvalue weighted by atomic mass is 10.1. The van der Waals surface area contributed by atoms with Gasteiger partial charge >= 0.3 is 0 Å². The monoisotopic (exact) mass is 352 g/mol. The fraction of sp³-hybridized carbons (Fsp3) is 0.200. The second-order valence-corrected chi connectivity index (χ2v) is 6.36. The number of carbonyl (C=O) groups is 1. The topological polar surface area (TPSA) is 34.9 Å². The maximum absolute atomic E-state index is 12.3. The van der Waals surface area contributed by atoms with E-state index in [4.69, 9.17) is 23.2 Å². The quantitative estimate of drug-likeness (QED) is 0.772. The number of nitrogens with zero attached hydrogens (tertiary/aromatic N) is 2. The molecule has 0 saturated carbocycles. The summed E-state index contributed by atoms with van der Waals surface area (Å²) in [7, 11) is 0. The minimum atomic E-state index is -0.177. The Hall–Kier alpha value is -0.360. The number of hydrogen-bond acceptors (Lipinski definition) is 3. The van der Waals surface area contributed by atoms with Crippen LogP contribution in [-0.2, 0) is 6.54 Å². The first kappa shape index (κ1) is 13.1. The van der Waals surface area contributed by atoms with E-state index < -0.39 is 0 Å². The van der Waals surface area contributed by atoms with Gasteiger partial charge in [-0.15, -0.1) is 11.3 Å². The molecule has 0 radical (unpaired) electrons. The van der Waals surface area contributed by atoms with Crippen LogP contribution in [0, 0.1) is 0 Å². The zero-order chi connectivity index (χ0) is 12.6. The van der Waals surface area contributed by atoms with Gasteiger partial charge in [-0.3, -0.25) is 9.48 Å². The van der Waals surface area contributed by atoms with Crippen molar-refractivity contribution in [3.63, 3.8) is 0 Å². The Morgan fingerprint density at radius 3 is 2.82 bits per heavy atom. The van der Waals surface area contributed by atoms with Gasteiger partial charge in [0.15, 0.2) is 0 Å². The van der Waals surface area contributed by atoms with Crippen molar-refractivity contribution in [3.05, 3.63) is 36.7 Å². The summed E-state index contributed by atoms with van der Waals surface area (Å²) in [5.74, 6) is -0.177. The van der Waals surface area contributed by atoms with Crippen molar-refractivity contribution in [3.8, 4) is 0 Å². The van der Waals surface area contributed by atoms with Crippen LogP contribution in [-0.4, -0.2) is 15.6 Å². The van der Waals surface area contributed by atoms with Crippen LogP contribution in [0.2, 0.25) is 8.67 Å². The van der Waals surface area contributed by atoms with Gasteiger partial charge in [0, 0.05) is 6.54 Å². The normalized spacial score (nSPS) is 10.8. The molecule has 0 aliphatic carbocycles. The summed E-state index contributed by atoms with van der Waals surface area (Å²) in [6, 6.07) is 1.58. The maximum Gasteiger partial charge on any atom is 0.214 e. The molecule has 0 saturated heterocycles. The van der Waals surface area contributed by atoms with Crippen LogP contribution in [0.15, 0.2) is 16.7 Å². The highest BCUT2D eigenvalue weighted by atomic mass is 79.9. The largest absolute Gasteiger partial charge is 0.287 e. The number of aromatic nitrogens is 2. The van der Waals surface area contributed by atoms with Crippen molar-refractivity contribution < 1.29 is 4.79 Å². The fourth-order valence-electron chi connectivity index (χ4n) is 1.45. The maximum atomic E-state index is 12.3. The first-order valence-electron chi connectivity index (χ1n) is 4.75. The molecule has 0 spiro atoms. The van der Waals surface area contributed by atoms with E-state index in [0.717, 1.165) is 0 Å². The molecule has 0 bridgehead atoms. The van der Waals surface area contributed by atoms with E-state index in [-0.39, 0.29) is 5.78 Å². The van der Waals surface area contributed by atoms with Gasteiger partial charge in [0.2, 0.25) is 5.78 Å². The molecule has 2 aromatic heterocycles. The summed E-state index contributed by atoms with van der Waals surface area (Å²) in [4.78, 5) is 12.3. The van der Waals surface area contributed by atoms with Crippen molar-refractivity contribution in [2.45, 2.75) is 13.5 Å². The van der Waals surface area contributed by atoms with Crippen molar-refractivity contribution in [1.82, 2.24) is 9.78 Å². The zero-order valence-corrected chi connectivity index (χ0v) is 12.6. The van der Waals surface area contributed by atoms with Crippen LogP contribution >= 0.6 is 50.5 Å². The lowest BCUT2D eigenvalue weighted by Crippen LogP contribution is -2.10. The Balaban J connectivity index is 2.50. The molecule has 2 heterocycles. The Labute approximate surface area is 120 Å². The molecular formula is C10H7BrCl2N2OS. The number of hydrogen-bond donors (Lipinski definition) is 0. The molecule has 90 valence electrons. The van der Waals surface area contributed by atoms with Gasteiger partial charge in [0.05, 0.1) is 20.6 Å². The number of aryl methyl sites for hydroxylation is 1. The second-order valence-electron chi connectivity index (χ2n) is 3.22. The first-order valence-corrected chi connectivity index (χ1v) is 7.12. The van der Waals surface area contributed by atoms with E-state index in [1.165, 1.54) is 11.3 Å². The fourth-order valence-corrected chi connectivity index (χ4v) is 3.39. The van der Waals surface area contributed by atoms with Crippen LogP contribution in [0.4, 0.5) is 0 Å². The molecule has 0 amide bonds. The van der Waals surface area contributed by atoms with Gasteiger partial charge in [-0.1, -0.05) is 23.2 Å². The van der Waals surface area contributed by atoms with Crippen molar-refractivity contribution in [2.24, 2.45) is 0 Å². The Morgan fingerprint density at radius 1 is 1.59 bits per heavy atom. The smallest absolute Gasteiger partial charge is 0.214 e. The van der Waals surface area contributed by atoms with E-state index in [1.54, 1.807) is 16.9 Å². The molecule has 0 N–H and O–H groups in total. The highest BCUT2D eigenvalue weighted by Gasteiger charge is 2.22. The summed E-state index contributed by atoms with van der Waals surface area (Å²) in [5.41, 5.74) is 0.904. The highest BCUT2D eigenvalue weighted by molar-refractivity contribution is 9.10. The molecule has 0 unspecified atom stereocenters. The number of halogens is 3. The third-order valence-electron chi connectivity index (χ3n) is 2.21. The van der Waals surface area contributed by atoms with Crippen LogP contribution in [0.1, 0.15) is 23.0 Å². The van der Waals surface area contributed by atoms with E-state index in [1.807, 2.05) is 6.92 Å².